The van der Waals surface area contributed by atoms with Crippen LogP contribution in [0.15, 0.2) is 42.5 Å². The summed E-state index contributed by atoms with van der Waals surface area (Å²) in [5, 5.41) is 7.59. The summed E-state index contributed by atoms with van der Waals surface area (Å²) in [4.78, 5) is 2.19. The molecule has 2 heterocycles. The maximum Gasteiger partial charge on any atom is 0.231 e. The van der Waals surface area contributed by atoms with Crippen LogP contribution in [0, 0.1) is 5.82 Å². The summed E-state index contributed by atoms with van der Waals surface area (Å²) >= 11 is 5.51. The van der Waals surface area contributed by atoms with E-state index in [4.69, 9.17) is 21.7 Å². The van der Waals surface area contributed by atoms with E-state index >= 15 is 0 Å². The molecule has 2 N–H and O–H groups in total. The molecular weight excluding hydrogens is 365 g/mol. The Balaban J connectivity index is 1.23. The van der Waals surface area contributed by atoms with Crippen LogP contribution in [0.25, 0.3) is 0 Å². The number of halogens is 1. The summed E-state index contributed by atoms with van der Waals surface area (Å²) in [6.07, 6.45) is 2.01. The molecule has 7 heteroatoms. The van der Waals surface area contributed by atoms with Gasteiger partial charge < -0.3 is 25.0 Å². The molecule has 0 aromatic heterocycles. The first-order chi connectivity index (χ1) is 13.2. The minimum Gasteiger partial charge on any atom is -0.454 e. The number of thiocarbonyl (C=S) groups is 1. The van der Waals surface area contributed by atoms with Crippen LogP contribution >= 0.6 is 12.2 Å². The zero-order valence-electron chi connectivity index (χ0n) is 14.9. The summed E-state index contributed by atoms with van der Waals surface area (Å²) in [6, 6.07) is 12.8. The van der Waals surface area contributed by atoms with E-state index in [0.717, 1.165) is 53.8 Å². The van der Waals surface area contributed by atoms with Crippen molar-refractivity contribution in [3.63, 3.8) is 0 Å². The molecule has 0 radical (unpaired) electrons. The molecule has 27 heavy (non-hydrogen) atoms. The van der Waals surface area contributed by atoms with E-state index in [-0.39, 0.29) is 5.82 Å². The monoisotopic (exact) mass is 387 g/mol. The third-order valence-corrected chi connectivity index (χ3v) is 5.29. The summed E-state index contributed by atoms with van der Waals surface area (Å²) < 4.78 is 23.7. The van der Waals surface area contributed by atoms with Gasteiger partial charge in [0.1, 0.15) is 5.82 Å². The molecule has 0 spiro atoms. The smallest absolute Gasteiger partial charge is 0.231 e. The Morgan fingerprint density at radius 3 is 2.59 bits per heavy atom. The number of nitrogens with zero attached hydrogens (tertiary/aromatic N) is 1. The Labute approximate surface area is 163 Å². The molecule has 2 aliphatic heterocycles. The average molecular weight is 387 g/mol. The van der Waals surface area contributed by atoms with Crippen LogP contribution in [0.1, 0.15) is 18.4 Å². The van der Waals surface area contributed by atoms with E-state index in [0.29, 0.717) is 19.4 Å². The van der Waals surface area contributed by atoms with Crippen LogP contribution in [0.4, 0.5) is 10.1 Å². The highest BCUT2D eigenvalue weighted by Crippen LogP contribution is 2.34. The fourth-order valence-corrected chi connectivity index (χ4v) is 3.60. The normalized spacial score (nSPS) is 16.3. The fourth-order valence-electron chi connectivity index (χ4n) is 3.34. The van der Waals surface area contributed by atoms with Gasteiger partial charge in [0.2, 0.25) is 6.79 Å². The Morgan fingerprint density at radius 2 is 1.81 bits per heavy atom. The van der Waals surface area contributed by atoms with Gasteiger partial charge in [0.05, 0.1) is 0 Å². The molecule has 5 nitrogen and oxygen atoms in total. The van der Waals surface area contributed by atoms with Crippen molar-refractivity contribution in [2.24, 2.45) is 0 Å². The van der Waals surface area contributed by atoms with Crippen LogP contribution in [0.5, 0.6) is 11.5 Å². The van der Waals surface area contributed by atoms with Gasteiger partial charge in [-0.25, -0.2) is 4.39 Å². The summed E-state index contributed by atoms with van der Waals surface area (Å²) in [7, 11) is 0. The van der Waals surface area contributed by atoms with Gasteiger partial charge in [-0.05, 0) is 54.9 Å². The molecule has 0 bridgehead atoms. The van der Waals surface area contributed by atoms with Crippen molar-refractivity contribution in [2.45, 2.75) is 25.4 Å². The van der Waals surface area contributed by atoms with Crippen molar-refractivity contribution in [3.8, 4) is 11.5 Å². The molecule has 0 unspecified atom stereocenters. The lowest BCUT2D eigenvalue weighted by atomic mass is 10.0. The summed E-state index contributed by atoms with van der Waals surface area (Å²) in [5.74, 6) is 1.37. The second kappa shape index (κ2) is 8.00. The second-order valence-electron chi connectivity index (χ2n) is 6.76. The molecule has 4 rings (SSSR count). The molecule has 2 aromatic carbocycles. The average Bonchev–Trinajstić information content (AvgIpc) is 3.16. The van der Waals surface area contributed by atoms with E-state index in [1.165, 1.54) is 12.1 Å². The number of nitrogens with one attached hydrogen (secondary N) is 2. The van der Waals surface area contributed by atoms with Crippen LogP contribution < -0.4 is 20.1 Å². The minimum atomic E-state index is -0.224. The molecule has 2 aromatic rings. The van der Waals surface area contributed by atoms with Crippen molar-refractivity contribution in [2.75, 3.05) is 25.2 Å². The van der Waals surface area contributed by atoms with E-state index in [2.05, 4.69) is 15.5 Å². The maximum atomic E-state index is 13.0. The topological polar surface area (TPSA) is 45.8 Å². The van der Waals surface area contributed by atoms with E-state index in [1.807, 2.05) is 18.2 Å². The Kier molecular flexibility index (Phi) is 5.29. The van der Waals surface area contributed by atoms with Gasteiger partial charge in [0, 0.05) is 37.4 Å². The number of piperidine rings is 1. The number of ether oxygens (including phenoxy) is 2. The fraction of sp³-hybridized carbons (Fsp3) is 0.350. The first-order valence-corrected chi connectivity index (χ1v) is 9.51. The number of anilines is 1. The van der Waals surface area contributed by atoms with Gasteiger partial charge in [-0.2, -0.15) is 0 Å². The van der Waals surface area contributed by atoms with E-state index < -0.39 is 0 Å². The third-order valence-electron chi connectivity index (χ3n) is 4.88. The lowest BCUT2D eigenvalue weighted by Gasteiger charge is -2.34. The number of hydrogen-bond acceptors (Lipinski definition) is 4. The predicted octanol–water partition coefficient (Wildman–Crippen LogP) is 3.51. The van der Waals surface area contributed by atoms with Crippen LogP contribution in [0.3, 0.4) is 0 Å². The summed E-state index contributed by atoms with van der Waals surface area (Å²) in [6.45, 7) is 2.70. The predicted molar refractivity (Wildman–Crippen MR) is 107 cm³/mol. The Morgan fingerprint density at radius 1 is 1.07 bits per heavy atom. The molecular formula is C20H22FN3O2S. The number of hydrogen-bond donors (Lipinski definition) is 2. The zero-order valence-corrected chi connectivity index (χ0v) is 15.7. The van der Waals surface area contributed by atoms with Gasteiger partial charge in [-0.3, -0.25) is 0 Å². The Hall–Kier alpha value is -2.54. The second-order valence-corrected chi connectivity index (χ2v) is 7.15. The van der Waals surface area contributed by atoms with E-state index in [1.54, 1.807) is 12.1 Å². The lowest BCUT2D eigenvalue weighted by molar-refractivity contribution is 0.174. The van der Waals surface area contributed by atoms with Crippen LogP contribution in [-0.4, -0.2) is 35.9 Å². The summed E-state index contributed by atoms with van der Waals surface area (Å²) in [5.41, 5.74) is 2.06. The zero-order chi connectivity index (χ0) is 18.6. The molecule has 142 valence electrons. The van der Waals surface area contributed by atoms with Crippen molar-refractivity contribution in [1.29, 1.82) is 0 Å². The first-order valence-electron chi connectivity index (χ1n) is 9.11. The van der Waals surface area contributed by atoms with Crippen LogP contribution in [-0.2, 0) is 6.54 Å². The van der Waals surface area contributed by atoms with Crippen molar-refractivity contribution in [3.05, 3.63) is 53.8 Å². The lowest BCUT2D eigenvalue weighted by Crippen LogP contribution is -2.46. The molecule has 1 saturated heterocycles. The standard InChI is InChI=1S/C20H22FN3O2S/c21-15-3-1-14(2-4-15)12-22-20(27)24-9-7-16(8-10-24)23-17-5-6-18-19(11-17)26-13-25-18/h1-6,11,16,23H,7-10,12-13H2,(H,22,27). The van der Waals surface area contributed by atoms with Gasteiger partial charge in [0.25, 0.3) is 0 Å². The number of fused-ring (bicyclic) bond motifs is 1. The third kappa shape index (κ3) is 4.42. The van der Waals surface area contributed by atoms with Crippen molar-refractivity contribution < 1.29 is 13.9 Å². The highest BCUT2D eigenvalue weighted by molar-refractivity contribution is 7.80. The van der Waals surface area contributed by atoms with Gasteiger partial charge in [-0.1, -0.05) is 12.1 Å². The number of likely N-dealkylation sites (tertiary alicyclic amines) is 1. The highest BCUT2D eigenvalue weighted by atomic mass is 32.1. The highest BCUT2D eigenvalue weighted by Gasteiger charge is 2.21. The SMILES string of the molecule is Fc1ccc(CNC(=S)N2CCC(Nc3ccc4c(c3)OCO4)CC2)cc1. The number of rotatable bonds is 4. The van der Waals surface area contributed by atoms with Gasteiger partial charge in [0.15, 0.2) is 16.6 Å². The van der Waals surface area contributed by atoms with Crippen molar-refractivity contribution >= 4 is 23.0 Å². The van der Waals surface area contributed by atoms with Crippen LogP contribution in [0.2, 0.25) is 0 Å². The quantitative estimate of drug-likeness (QED) is 0.783. The molecule has 0 atom stereocenters. The largest absolute Gasteiger partial charge is 0.454 e. The maximum absolute atomic E-state index is 13.0. The molecule has 2 aliphatic rings. The molecule has 0 saturated carbocycles. The first kappa shape index (κ1) is 17.9. The molecule has 1 fully saturated rings. The minimum absolute atomic E-state index is 0.224. The molecule has 0 amide bonds. The van der Waals surface area contributed by atoms with Gasteiger partial charge in [-0.15, -0.1) is 0 Å². The van der Waals surface area contributed by atoms with E-state index in [9.17, 15) is 4.39 Å². The van der Waals surface area contributed by atoms with Crippen molar-refractivity contribution in [1.82, 2.24) is 10.2 Å². The van der Waals surface area contributed by atoms with Gasteiger partial charge >= 0.3 is 0 Å². The molecule has 0 aliphatic carbocycles. The number of benzene rings is 2. The Bertz CT molecular complexity index is 807.